The van der Waals surface area contributed by atoms with Crippen molar-refractivity contribution in [2.75, 3.05) is 19.7 Å². The van der Waals surface area contributed by atoms with Crippen LogP contribution in [0.1, 0.15) is 48.8 Å². The first kappa shape index (κ1) is 18.5. The van der Waals surface area contributed by atoms with E-state index in [9.17, 15) is 0 Å². The number of ether oxygens (including phenoxy) is 1. The van der Waals surface area contributed by atoms with Gasteiger partial charge in [0.25, 0.3) is 0 Å². The van der Waals surface area contributed by atoms with E-state index in [-0.39, 0.29) is 0 Å². The zero-order valence-corrected chi connectivity index (χ0v) is 16.3. The highest BCUT2D eigenvalue weighted by molar-refractivity contribution is 7.10. The summed E-state index contributed by atoms with van der Waals surface area (Å²) in [6.07, 6.45) is 4.15. The predicted molar refractivity (Wildman–Crippen MR) is 99.9 cm³/mol. The normalized spacial score (nSPS) is 16.8. The summed E-state index contributed by atoms with van der Waals surface area (Å²) in [6.45, 7) is 10.5. The fraction of sp³-hybridized carbons (Fsp3) is 0.684. The Balaban J connectivity index is 1.34. The average Bonchev–Trinajstić information content (AvgIpc) is 3.18. The fourth-order valence-corrected chi connectivity index (χ4v) is 4.09. The van der Waals surface area contributed by atoms with Crippen molar-refractivity contribution in [3.8, 4) is 0 Å². The third kappa shape index (κ3) is 5.62. The molecule has 0 amide bonds. The van der Waals surface area contributed by atoms with E-state index in [1.165, 1.54) is 10.4 Å². The number of thiophene rings is 1. The Hall–Kier alpha value is -1.24. The molecule has 0 bridgehead atoms. The molecule has 0 spiro atoms. The maximum absolute atomic E-state index is 6.04. The van der Waals surface area contributed by atoms with Crippen molar-refractivity contribution >= 4 is 11.3 Å². The van der Waals surface area contributed by atoms with E-state index in [1.54, 1.807) is 0 Å². The van der Waals surface area contributed by atoms with Crippen LogP contribution in [0.3, 0.4) is 0 Å². The third-order valence-electron chi connectivity index (χ3n) is 4.64. The number of rotatable bonds is 8. The van der Waals surface area contributed by atoms with E-state index < -0.39 is 0 Å². The molecule has 0 unspecified atom stereocenters. The maximum atomic E-state index is 6.04. The van der Waals surface area contributed by atoms with E-state index in [2.05, 4.69) is 47.3 Å². The van der Waals surface area contributed by atoms with Crippen molar-refractivity contribution in [2.24, 2.45) is 5.92 Å². The van der Waals surface area contributed by atoms with Crippen molar-refractivity contribution in [2.45, 2.75) is 59.1 Å². The molecule has 1 aliphatic heterocycles. The summed E-state index contributed by atoms with van der Waals surface area (Å²) in [5.74, 6) is 2.04. The summed E-state index contributed by atoms with van der Waals surface area (Å²) in [5, 5.41) is 6.23. The number of nitrogens with zero attached hydrogens (tertiary/aromatic N) is 3. The summed E-state index contributed by atoms with van der Waals surface area (Å²) in [6, 6.07) is 2.21. The number of aromatic nitrogens is 2. The second kappa shape index (κ2) is 8.92. The predicted octanol–water partition coefficient (Wildman–Crippen LogP) is 3.86. The highest BCUT2D eigenvalue weighted by atomic mass is 32.1. The van der Waals surface area contributed by atoms with E-state index in [1.807, 2.05) is 11.3 Å². The molecule has 2 aromatic rings. The average molecular weight is 364 g/mol. The van der Waals surface area contributed by atoms with Crippen LogP contribution < -0.4 is 0 Å². The highest BCUT2D eigenvalue weighted by Gasteiger charge is 2.20. The molecule has 2 aromatic heterocycles. The van der Waals surface area contributed by atoms with Gasteiger partial charge in [-0.1, -0.05) is 19.0 Å². The molecule has 3 rings (SSSR count). The fourth-order valence-electron chi connectivity index (χ4n) is 3.14. The standard InChI is InChI=1S/C19H29N3O2S/c1-14(2)12-19-20-18(21-24-19)6-10-23-16-4-8-22(9-5-16)13-17-15(3)7-11-25-17/h7,11,14,16H,4-6,8-10,12-13H2,1-3H3. The van der Waals surface area contributed by atoms with Gasteiger partial charge in [-0.05, 0) is 42.7 Å². The summed E-state index contributed by atoms with van der Waals surface area (Å²) < 4.78 is 11.3. The van der Waals surface area contributed by atoms with E-state index >= 15 is 0 Å². The van der Waals surface area contributed by atoms with Crippen molar-refractivity contribution in [1.29, 1.82) is 0 Å². The lowest BCUT2D eigenvalue weighted by atomic mass is 10.1. The minimum absolute atomic E-state index is 0.364. The van der Waals surface area contributed by atoms with E-state index in [0.29, 0.717) is 18.6 Å². The monoisotopic (exact) mass is 363 g/mol. The van der Waals surface area contributed by atoms with Crippen LogP contribution in [-0.4, -0.2) is 40.8 Å². The number of aryl methyl sites for hydroxylation is 1. The Morgan fingerprint density at radius 1 is 1.36 bits per heavy atom. The molecular weight excluding hydrogens is 334 g/mol. The van der Waals surface area contributed by atoms with Gasteiger partial charge in [-0.15, -0.1) is 11.3 Å². The van der Waals surface area contributed by atoms with E-state index in [4.69, 9.17) is 9.26 Å². The molecular formula is C19H29N3O2S. The SMILES string of the molecule is Cc1ccsc1CN1CCC(OCCc2noc(CC(C)C)n2)CC1. The summed E-state index contributed by atoms with van der Waals surface area (Å²) >= 11 is 1.87. The molecule has 0 saturated carbocycles. The molecule has 6 heteroatoms. The molecule has 1 saturated heterocycles. The Morgan fingerprint density at radius 3 is 2.84 bits per heavy atom. The van der Waals surface area contributed by atoms with E-state index in [0.717, 1.165) is 57.0 Å². The van der Waals surface area contributed by atoms with Gasteiger partial charge in [0.1, 0.15) is 0 Å². The summed E-state index contributed by atoms with van der Waals surface area (Å²) in [4.78, 5) is 8.46. The molecule has 5 nitrogen and oxygen atoms in total. The Kier molecular flexibility index (Phi) is 6.62. The van der Waals surface area contributed by atoms with Gasteiger partial charge in [-0.2, -0.15) is 4.98 Å². The van der Waals surface area contributed by atoms with Crippen LogP contribution in [0.4, 0.5) is 0 Å². The molecule has 25 heavy (non-hydrogen) atoms. The first-order chi connectivity index (χ1) is 12.1. The zero-order valence-electron chi connectivity index (χ0n) is 15.5. The largest absolute Gasteiger partial charge is 0.378 e. The molecule has 0 atom stereocenters. The lowest BCUT2D eigenvalue weighted by Crippen LogP contribution is -2.36. The van der Waals surface area contributed by atoms with Gasteiger partial charge in [-0.3, -0.25) is 4.90 Å². The maximum Gasteiger partial charge on any atom is 0.226 e. The molecule has 0 aliphatic carbocycles. The topological polar surface area (TPSA) is 51.4 Å². The van der Waals surface area contributed by atoms with Gasteiger partial charge in [0, 0.05) is 37.4 Å². The second-order valence-corrected chi connectivity index (χ2v) is 8.33. The van der Waals surface area contributed by atoms with Crippen molar-refractivity contribution < 1.29 is 9.26 Å². The van der Waals surface area contributed by atoms with Gasteiger partial charge >= 0.3 is 0 Å². The molecule has 0 N–H and O–H groups in total. The van der Waals surface area contributed by atoms with Crippen LogP contribution in [0, 0.1) is 12.8 Å². The van der Waals surface area contributed by atoms with Crippen molar-refractivity contribution in [3.63, 3.8) is 0 Å². The van der Waals surface area contributed by atoms with Gasteiger partial charge in [-0.25, -0.2) is 0 Å². The third-order valence-corrected chi connectivity index (χ3v) is 5.65. The van der Waals surface area contributed by atoms with Gasteiger partial charge in [0.15, 0.2) is 5.82 Å². The minimum atomic E-state index is 0.364. The minimum Gasteiger partial charge on any atom is -0.378 e. The number of likely N-dealkylation sites (tertiary alicyclic amines) is 1. The first-order valence-electron chi connectivity index (χ1n) is 9.28. The second-order valence-electron chi connectivity index (χ2n) is 7.33. The summed E-state index contributed by atoms with van der Waals surface area (Å²) in [7, 11) is 0. The van der Waals surface area contributed by atoms with Crippen LogP contribution in [0.5, 0.6) is 0 Å². The molecule has 0 aromatic carbocycles. The first-order valence-corrected chi connectivity index (χ1v) is 10.2. The zero-order chi connectivity index (χ0) is 17.6. The lowest BCUT2D eigenvalue weighted by molar-refractivity contribution is 0.00693. The van der Waals surface area contributed by atoms with Crippen molar-refractivity contribution in [1.82, 2.24) is 15.0 Å². The highest BCUT2D eigenvalue weighted by Crippen LogP contribution is 2.21. The van der Waals surface area contributed by atoms with Gasteiger partial charge in [0.2, 0.25) is 5.89 Å². The number of piperidine rings is 1. The van der Waals surface area contributed by atoms with Gasteiger partial charge < -0.3 is 9.26 Å². The van der Waals surface area contributed by atoms with Gasteiger partial charge in [0.05, 0.1) is 12.7 Å². The van der Waals surface area contributed by atoms with Crippen molar-refractivity contribution in [3.05, 3.63) is 33.6 Å². The number of hydrogen-bond acceptors (Lipinski definition) is 6. The molecule has 138 valence electrons. The van der Waals surface area contributed by atoms with Crippen LogP contribution in [-0.2, 0) is 24.1 Å². The lowest BCUT2D eigenvalue weighted by Gasteiger charge is -2.31. The molecule has 1 aliphatic rings. The molecule has 1 fully saturated rings. The molecule has 0 radical (unpaired) electrons. The number of hydrogen-bond donors (Lipinski definition) is 0. The van der Waals surface area contributed by atoms with Crippen LogP contribution in [0.15, 0.2) is 16.0 Å². The summed E-state index contributed by atoms with van der Waals surface area (Å²) in [5.41, 5.74) is 1.42. The van der Waals surface area contributed by atoms with Crippen LogP contribution in [0.25, 0.3) is 0 Å². The Morgan fingerprint density at radius 2 is 2.16 bits per heavy atom. The smallest absolute Gasteiger partial charge is 0.226 e. The van der Waals surface area contributed by atoms with Crippen LogP contribution >= 0.6 is 11.3 Å². The quantitative estimate of drug-likeness (QED) is 0.713. The Labute approximate surface area is 154 Å². The molecule has 3 heterocycles. The van der Waals surface area contributed by atoms with Crippen LogP contribution in [0.2, 0.25) is 0 Å². The Bertz CT molecular complexity index is 645.